The summed E-state index contributed by atoms with van der Waals surface area (Å²) in [6.45, 7) is 0. The maximum atomic E-state index is 12.9. The molecule has 0 fully saturated rings. The number of rotatable bonds is 3. The molecule has 3 nitrogen and oxygen atoms in total. The number of nitrogens with two attached hydrogens (primary N) is 1. The molecule has 0 saturated carbocycles. The van der Waals surface area contributed by atoms with Crippen LogP contribution in [-0.2, 0) is 0 Å². The van der Waals surface area contributed by atoms with Crippen molar-refractivity contribution < 1.29 is 9.18 Å². The van der Waals surface area contributed by atoms with Crippen LogP contribution >= 0.6 is 11.8 Å². The lowest BCUT2D eigenvalue weighted by Gasteiger charge is -2.08. The Balaban J connectivity index is 2.15. The van der Waals surface area contributed by atoms with Gasteiger partial charge in [0.05, 0.1) is 5.56 Å². The van der Waals surface area contributed by atoms with Crippen LogP contribution in [0.5, 0.6) is 0 Å². The van der Waals surface area contributed by atoms with Crippen molar-refractivity contribution in [2.45, 2.75) is 4.90 Å². The lowest BCUT2D eigenvalue weighted by atomic mass is 10.1. The van der Waals surface area contributed by atoms with Crippen LogP contribution in [0.15, 0.2) is 47.4 Å². The molecule has 0 aliphatic heterocycles. The number of carbonyl (C=O) groups is 1. The maximum absolute atomic E-state index is 12.9. The fraction of sp³-hybridized carbons (Fsp3) is 0.0714. The van der Waals surface area contributed by atoms with E-state index in [1.807, 2.05) is 30.5 Å². The van der Waals surface area contributed by atoms with Gasteiger partial charge < -0.3 is 11.1 Å². The topological polar surface area (TPSA) is 55.1 Å². The minimum atomic E-state index is -0.460. The molecule has 0 heterocycles. The van der Waals surface area contributed by atoms with E-state index in [1.165, 1.54) is 12.1 Å². The standard InChI is InChI=1S/C14H13FN2OS/c1-19-11-5-3-10(4-6-11)17-14(18)12-7-2-9(15)8-13(12)16/h2-8H,16H2,1H3,(H,17,18). The summed E-state index contributed by atoms with van der Waals surface area (Å²) >= 11 is 1.62. The largest absolute Gasteiger partial charge is 0.398 e. The minimum absolute atomic E-state index is 0.123. The lowest BCUT2D eigenvalue weighted by molar-refractivity contribution is 0.102. The quantitative estimate of drug-likeness (QED) is 0.667. The van der Waals surface area contributed by atoms with Gasteiger partial charge in [0.2, 0.25) is 0 Å². The fourth-order valence-corrected chi connectivity index (χ4v) is 2.02. The first kappa shape index (κ1) is 13.4. The highest BCUT2D eigenvalue weighted by atomic mass is 32.2. The van der Waals surface area contributed by atoms with Crippen LogP contribution in [0.3, 0.4) is 0 Å². The number of thioether (sulfide) groups is 1. The molecule has 0 spiro atoms. The van der Waals surface area contributed by atoms with Crippen molar-refractivity contribution in [1.82, 2.24) is 0 Å². The van der Waals surface area contributed by atoms with Gasteiger partial charge in [-0.05, 0) is 48.7 Å². The van der Waals surface area contributed by atoms with Crippen molar-refractivity contribution in [3.8, 4) is 0 Å². The molecule has 19 heavy (non-hydrogen) atoms. The van der Waals surface area contributed by atoms with Crippen molar-refractivity contribution in [2.75, 3.05) is 17.3 Å². The van der Waals surface area contributed by atoms with Gasteiger partial charge in [0.15, 0.2) is 0 Å². The number of amides is 1. The summed E-state index contributed by atoms with van der Waals surface area (Å²) in [5, 5.41) is 2.72. The molecular formula is C14H13FN2OS. The average molecular weight is 276 g/mol. The average Bonchev–Trinajstić information content (AvgIpc) is 2.39. The van der Waals surface area contributed by atoms with Crippen LogP contribution in [0.4, 0.5) is 15.8 Å². The minimum Gasteiger partial charge on any atom is -0.398 e. The monoisotopic (exact) mass is 276 g/mol. The van der Waals surface area contributed by atoms with E-state index in [9.17, 15) is 9.18 Å². The van der Waals surface area contributed by atoms with Crippen molar-refractivity contribution >= 4 is 29.0 Å². The molecule has 2 aromatic carbocycles. The first-order chi connectivity index (χ1) is 9.10. The molecule has 0 aromatic heterocycles. The van der Waals surface area contributed by atoms with Gasteiger partial charge in [-0.3, -0.25) is 4.79 Å². The summed E-state index contributed by atoms with van der Waals surface area (Å²) in [7, 11) is 0. The zero-order chi connectivity index (χ0) is 13.8. The number of halogens is 1. The van der Waals surface area contributed by atoms with Gasteiger partial charge in [0.1, 0.15) is 5.82 Å². The third kappa shape index (κ3) is 3.26. The van der Waals surface area contributed by atoms with Crippen molar-refractivity contribution in [3.05, 3.63) is 53.8 Å². The van der Waals surface area contributed by atoms with Gasteiger partial charge in [-0.1, -0.05) is 0 Å². The second-order valence-electron chi connectivity index (χ2n) is 3.91. The Kier molecular flexibility index (Phi) is 4.06. The number of hydrogen-bond acceptors (Lipinski definition) is 3. The Labute approximate surface area is 115 Å². The Morgan fingerprint density at radius 3 is 2.47 bits per heavy atom. The number of nitrogens with one attached hydrogen (secondary N) is 1. The molecule has 3 N–H and O–H groups in total. The highest BCUT2D eigenvalue weighted by molar-refractivity contribution is 7.98. The van der Waals surface area contributed by atoms with Gasteiger partial charge in [0.25, 0.3) is 5.91 Å². The van der Waals surface area contributed by atoms with Crippen LogP contribution in [0.25, 0.3) is 0 Å². The van der Waals surface area contributed by atoms with Gasteiger partial charge in [0, 0.05) is 16.3 Å². The first-order valence-electron chi connectivity index (χ1n) is 5.60. The molecule has 0 atom stereocenters. The third-order valence-electron chi connectivity index (χ3n) is 2.61. The molecule has 0 unspecified atom stereocenters. The Hall–Kier alpha value is -2.01. The molecular weight excluding hydrogens is 263 g/mol. The molecule has 0 radical (unpaired) electrons. The second kappa shape index (κ2) is 5.75. The summed E-state index contributed by atoms with van der Waals surface area (Å²) in [6.07, 6.45) is 1.98. The van der Waals surface area contributed by atoms with Crippen molar-refractivity contribution in [1.29, 1.82) is 0 Å². The van der Waals surface area contributed by atoms with Crippen LogP contribution in [0.1, 0.15) is 10.4 Å². The molecule has 1 amide bonds. The third-order valence-corrected chi connectivity index (χ3v) is 3.35. The van der Waals surface area contributed by atoms with E-state index >= 15 is 0 Å². The number of carbonyl (C=O) groups excluding carboxylic acids is 1. The maximum Gasteiger partial charge on any atom is 0.257 e. The molecule has 0 saturated heterocycles. The number of anilines is 2. The highest BCUT2D eigenvalue weighted by Gasteiger charge is 2.10. The molecule has 98 valence electrons. The molecule has 0 bridgehead atoms. The van der Waals surface area contributed by atoms with Crippen LogP contribution in [0.2, 0.25) is 0 Å². The summed E-state index contributed by atoms with van der Waals surface area (Å²) in [4.78, 5) is 13.1. The van der Waals surface area contributed by atoms with E-state index in [1.54, 1.807) is 11.8 Å². The predicted molar refractivity (Wildman–Crippen MR) is 77.0 cm³/mol. The van der Waals surface area contributed by atoms with E-state index in [-0.39, 0.29) is 17.2 Å². The molecule has 0 aliphatic carbocycles. The normalized spacial score (nSPS) is 10.2. The smallest absolute Gasteiger partial charge is 0.257 e. The Morgan fingerprint density at radius 2 is 1.89 bits per heavy atom. The SMILES string of the molecule is CSc1ccc(NC(=O)c2ccc(F)cc2N)cc1. The number of hydrogen-bond donors (Lipinski definition) is 2. The molecule has 0 aliphatic rings. The lowest BCUT2D eigenvalue weighted by Crippen LogP contribution is -2.14. The number of benzene rings is 2. The second-order valence-corrected chi connectivity index (χ2v) is 4.79. The van der Waals surface area contributed by atoms with Gasteiger partial charge in [-0.25, -0.2) is 4.39 Å². The first-order valence-corrected chi connectivity index (χ1v) is 6.83. The fourth-order valence-electron chi connectivity index (χ4n) is 1.61. The molecule has 5 heteroatoms. The van der Waals surface area contributed by atoms with Gasteiger partial charge >= 0.3 is 0 Å². The summed E-state index contributed by atoms with van der Waals surface area (Å²) in [5.74, 6) is -0.812. The van der Waals surface area contributed by atoms with Gasteiger partial charge in [-0.15, -0.1) is 11.8 Å². The summed E-state index contributed by atoms with van der Waals surface area (Å²) in [6, 6.07) is 11.2. The molecule has 2 aromatic rings. The zero-order valence-corrected chi connectivity index (χ0v) is 11.1. The van der Waals surface area contributed by atoms with Crippen molar-refractivity contribution in [3.63, 3.8) is 0 Å². The summed E-state index contributed by atoms with van der Waals surface area (Å²) in [5.41, 5.74) is 6.67. The zero-order valence-electron chi connectivity index (χ0n) is 10.3. The van der Waals surface area contributed by atoms with E-state index in [4.69, 9.17) is 5.73 Å². The predicted octanol–water partition coefficient (Wildman–Crippen LogP) is 3.38. The van der Waals surface area contributed by atoms with Crippen LogP contribution in [0, 0.1) is 5.82 Å². The Morgan fingerprint density at radius 1 is 1.21 bits per heavy atom. The van der Waals surface area contributed by atoms with Crippen LogP contribution in [-0.4, -0.2) is 12.2 Å². The van der Waals surface area contributed by atoms with Crippen LogP contribution < -0.4 is 11.1 Å². The number of nitrogen functional groups attached to an aromatic ring is 1. The highest BCUT2D eigenvalue weighted by Crippen LogP contribution is 2.19. The van der Waals surface area contributed by atoms with Crippen molar-refractivity contribution in [2.24, 2.45) is 0 Å². The Bertz CT molecular complexity index is 599. The van der Waals surface area contributed by atoms with E-state index < -0.39 is 5.82 Å². The van der Waals surface area contributed by atoms with E-state index in [0.717, 1.165) is 11.0 Å². The van der Waals surface area contributed by atoms with E-state index in [2.05, 4.69) is 5.32 Å². The van der Waals surface area contributed by atoms with Gasteiger partial charge in [-0.2, -0.15) is 0 Å². The molecule has 2 rings (SSSR count). The van der Waals surface area contributed by atoms with E-state index in [0.29, 0.717) is 5.69 Å². The summed E-state index contributed by atoms with van der Waals surface area (Å²) < 4.78 is 12.9.